The third-order valence-electron chi connectivity index (χ3n) is 7.21. The zero-order chi connectivity index (χ0) is 29.7. The number of phenols is 1. The van der Waals surface area contributed by atoms with Gasteiger partial charge in [0.2, 0.25) is 5.56 Å². The number of carbonyl (C=O) groups is 1. The molecular formula is C33H39N3O6. The Morgan fingerprint density at radius 2 is 1.60 bits per heavy atom. The van der Waals surface area contributed by atoms with Crippen molar-refractivity contribution < 1.29 is 24.9 Å². The molecule has 4 aromatic rings. The number of aliphatic hydroxyl groups is 1. The van der Waals surface area contributed by atoms with Crippen LogP contribution in [0.5, 0.6) is 11.5 Å². The minimum absolute atomic E-state index is 0.0186. The number of hydrogen-bond acceptors (Lipinski definition) is 6. The van der Waals surface area contributed by atoms with Crippen molar-refractivity contribution in [3.8, 4) is 11.5 Å². The summed E-state index contributed by atoms with van der Waals surface area (Å²) in [6.45, 7) is 1.78. The Morgan fingerprint density at radius 3 is 2.38 bits per heavy atom. The van der Waals surface area contributed by atoms with Gasteiger partial charge in [0.05, 0.1) is 24.3 Å². The first kappa shape index (κ1) is 30.6. The number of aromatic amines is 1. The first-order valence-corrected chi connectivity index (χ1v) is 14.4. The standard InChI is InChI=1S/C33H39N3O6/c37-28-17-15-26(27-16-18-30(39)35-32(27)28)29(38)22-34-19-8-3-1-2-4-9-20-42-25-14-10-13-24(21-25)31(36-33(40)41)23-11-6-5-7-12-23/h5-7,10-18,21,29,31,34,36-38H,1-4,8-9,19-20,22H2,(H,35,39)(H,40,41)/t29-,31?/m0/s1. The molecule has 9 nitrogen and oxygen atoms in total. The predicted molar refractivity (Wildman–Crippen MR) is 163 cm³/mol. The number of nitrogens with one attached hydrogen (secondary N) is 3. The molecule has 1 unspecified atom stereocenters. The van der Waals surface area contributed by atoms with Gasteiger partial charge in [-0.2, -0.15) is 0 Å². The fraction of sp³-hybridized carbons (Fsp3) is 0.333. The van der Waals surface area contributed by atoms with Crippen LogP contribution in [0.25, 0.3) is 10.9 Å². The van der Waals surface area contributed by atoms with E-state index < -0.39 is 18.2 Å². The molecule has 4 rings (SSSR count). The average molecular weight is 574 g/mol. The highest BCUT2D eigenvalue weighted by Gasteiger charge is 2.17. The molecule has 0 bridgehead atoms. The summed E-state index contributed by atoms with van der Waals surface area (Å²) in [5, 5.41) is 36.5. The number of rotatable bonds is 16. The number of aromatic nitrogens is 1. The lowest BCUT2D eigenvalue weighted by atomic mass is 9.98. The van der Waals surface area contributed by atoms with E-state index in [0.29, 0.717) is 29.6 Å². The van der Waals surface area contributed by atoms with E-state index in [1.807, 2.05) is 54.6 Å². The van der Waals surface area contributed by atoms with E-state index in [2.05, 4.69) is 15.6 Å². The van der Waals surface area contributed by atoms with Crippen LogP contribution in [0.2, 0.25) is 0 Å². The Morgan fingerprint density at radius 1 is 0.857 bits per heavy atom. The van der Waals surface area contributed by atoms with Crippen molar-refractivity contribution in [1.29, 1.82) is 0 Å². The zero-order valence-corrected chi connectivity index (χ0v) is 23.6. The van der Waals surface area contributed by atoms with Crippen molar-refractivity contribution in [2.75, 3.05) is 19.7 Å². The number of aromatic hydroxyl groups is 1. The zero-order valence-electron chi connectivity index (χ0n) is 23.6. The summed E-state index contributed by atoms with van der Waals surface area (Å²) in [5.74, 6) is 0.706. The molecule has 1 heterocycles. The van der Waals surface area contributed by atoms with Crippen LogP contribution in [0.15, 0.2) is 83.7 Å². The van der Waals surface area contributed by atoms with E-state index in [1.54, 1.807) is 12.1 Å². The van der Waals surface area contributed by atoms with Crippen LogP contribution >= 0.6 is 0 Å². The first-order chi connectivity index (χ1) is 20.4. The van der Waals surface area contributed by atoms with E-state index in [4.69, 9.17) is 4.74 Å². The van der Waals surface area contributed by atoms with Crippen LogP contribution in [0.3, 0.4) is 0 Å². The topological polar surface area (TPSA) is 144 Å². The molecule has 6 N–H and O–H groups in total. The molecule has 3 aromatic carbocycles. The van der Waals surface area contributed by atoms with Gasteiger partial charge in [0, 0.05) is 18.0 Å². The monoisotopic (exact) mass is 573 g/mol. The molecule has 0 aliphatic rings. The normalized spacial score (nSPS) is 12.6. The van der Waals surface area contributed by atoms with Gasteiger partial charge in [0.25, 0.3) is 0 Å². The highest BCUT2D eigenvalue weighted by molar-refractivity contribution is 5.87. The number of fused-ring (bicyclic) bond motifs is 1. The molecule has 1 aromatic heterocycles. The van der Waals surface area contributed by atoms with Gasteiger partial charge in [-0.1, -0.05) is 74.2 Å². The second kappa shape index (κ2) is 15.6. The van der Waals surface area contributed by atoms with Crippen molar-refractivity contribution in [2.45, 2.75) is 50.7 Å². The largest absolute Gasteiger partial charge is 0.506 e. The lowest BCUT2D eigenvalue weighted by Crippen LogP contribution is -2.27. The summed E-state index contributed by atoms with van der Waals surface area (Å²) < 4.78 is 5.96. The Balaban J connectivity index is 1.10. The fourth-order valence-electron chi connectivity index (χ4n) is 5.06. The van der Waals surface area contributed by atoms with Crippen LogP contribution in [0.1, 0.15) is 67.4 Å². The number of unbranched alkanes of at least 4 members (excludes halogenated alkanes) is 5. The summed E-state index contributed by atoms with van der Waals surface area (Å²) in [4.78, 5) is 25.6. The Labute approximate surface area is 245 Å². The number of amides is 1. The quantitative estimate of drug-likeness (QED) is 0.0953. The highest BCUT2D eigenvalue weighted by Crippen LogP contribution is 2.29. The third-order valence-corrected chi connectivity index (χ3v) is 7.21. The van der Waals surface area contributed by atoms with Gasteiger partial charge < -0.3 is 35.7 Å². The molecule has 1 amide bonds. The minimum Gasteiger partial charge on any atom is -0.506 e. The van der Waals surface area contributed by atoms with E-state index in [1.165, 1.54) is 12.1 Å². The molecule has 9 heteroatoms. The van der Waals surface area contributed by atoms with Gasteiger partial charge >= 0.3 is 6.09 Å². The van der Waals surface area contributed by atoms with Gasteiger partial charge in [0.1, 0.15) is 11.5 Å². The van der Waals surface area contributed by atoms with Crippen molar-refractivity contribution >= 4 is 17.0 Å². The predicted octanol–water partition coefficient (Wildman–Crippen LogP) is 5.63. The summed E-state index contributed by atoms with van der Waals surface area (Å²) in [7, 11) is 0. The maximum Gasteiger partial charge on any atom is 0.405 e. The highest BCUT2D eigenvalue weighted by atomic mass is 16.5. The van der Waals surface area contributed by atoms with Crippen molar-refractivity contribution in [3.63, 3.8) is 0 Å². The lowest BCUT2D eigenvalue weighted by Gasteiger charge is -2.19. The van der Waals surface area contributed by atoms with Crippen molar-refractivity contribution in [1.82, 2.24) is 15.6 Å². The van der Waals surface area contributed by atoms with Gasteiger partial charge in [-0.15, -0.1) is 0 Å². The molecule has 0 saturated carbocycles. The molecule has 2 atom stereocenters. The molecule has 0 aliphatic carbocycles. The third kappa shape index (κ3) is 8.83. The van der Waals surface area contributed by atoms with Crippen LogP contribution in [0.4, 0.5) is 4.79 Å². The molecule has 0 aliphatic heterocycles. The van der Waals surface area contributed by atoms with Crippen LogP contribution in [-0.4, -0.2) is 46.1 Å². The van der Waals surface area contributed by atoms with Gasteiger partial charge in [-0.3, -0.25) is 4.79 Å². The maximum atomic E-state index is 11.6. The number of hydrogen-bond donors (Lipinski definition) is 6. The van der Waals surface area contributed by atoms with E-state index in [-0.39, 0.29) is 11.3 Å². The van der Waals surface area contributed by atoms with Gasteiger partial charge in [-0.05, 0) is 60.3 Å². The summed E-state index contributed by atoms with van der Waals surface area (Å²) in [6, 6.07) is 22.7. The van der Waals surface area contributed by atoms with Crippen LogP contribution < -0.4 is 20.9 Å². The minimum atomic E-state index is -1.08. The number of ether oxygens (including phenoxy) is 1. The summed E-state index contributed by atoms with van der Waals surface area (Å²) >= 11 is 0. The molecule has 0 radical (unpaired) electrons. The van der Waals surface area contributed by atoms with Gasteiger partial charge in [-0.25, -0.2) is 4.79 Å². The van der Waals surface area contributed by atoms with E-state index >= 15 is 0 Å². The van der Waals surface area contributed by atoms with E-state index in [0.717, 1.165) is 61.9 Å². The number of benzene rings is 3. The van der Waals surface area contributed by atoms with Crippen LogP contribution in [0, 0.1) is 0 Å². The van der Waals surface area contributed by atoms with Gasteiger partial charge in [0.15, 0.2) is 0 Å². The number of H-pyrrole nitrogens is 1. The van der Waals surface area contributed by atoms with Crippen molar-refractivity contribution in [3.05, 3.63) is 106 Å². The Kier molecular flexibility index (Phi) is 11.4. The molecule has 0 saturated heterocycles. The van der Waals surface area contributed by atoms with E-state index in [9.17, 15) is 24.9 Å². The fourth-order valence-corrected chi connectivity index (χ4v) is 5.06. The number of carboxylic acid groups (broad SMARTS) is 1. The number of pyridine rings is 1. The van der Waals surface area contributed by atoms with Crippen LogP contribution in [-0.2, 0) is 0 Å². The Hall–Kier alpha value is -4.34. The smallest absolute Gasteiger partial charge is 0.405 e. The first-order valence-electron chi connectivity index (χ1n) is 14.4. The SMILES string of the molecule is O=C(O)NC(c1ccccc1)c1cccc(OCCCCCCCCNC[C@H](O)c2ccc(O)c3[nH]c(=O)ccc23)c1. The molecule has 0 fully saturated rings. The van der Waals surface area contributed by atoms with Crippen molar-refractivity contribution in [2.24, 2.45) is 0 Å². The summed E-state index contributed by atoms with van der Waals surface area (Å²) in [6.07, 6.45) is 4.51. The molecule has 0 spiro atoms. The lowest BCUT2D eigenvalue weighted by molar-refractivity contribution is 0.176. The average Bonchev–Trinajstić information content (AvgIpc) is 2.99. The maximum absolute atomic E-state index is 11.6. The molecular weight excluding hydrogens is 534 g/mol. The molecule has 42 heavy (non-hydrogen) atoms. The number of phenolic OH excluding ortho intramolecular Hbond substituents is 1. The second-order valence-electron chi connectivity index (χ2n) is 10.3. The molecule has 222 valence electrons. The number of aliphatic hydroxyl groups excluding tert-OH is 1. The second-order valence-corrected chi connectivity index (χ2v) is 10.3. The summed E-state index contributed by atoms with van der Waals surface area (Å²) in [5.41, 5.74) is 2.39. The Bertz CT molecular complexity index is 1490.